The normalized spacial score (nSPS) is 20.5. The number of nitrogens with zero attached hydrogens (tertiary/aromatic N) is 1. The minimum Gasteiger partial charge on any atom is -0.478 e. The Hall–Kier alpha value is -2.91. The zero-order valence-electron chi connectivity index (χ0n) is 20.7. The van der Waals surface area contributed by atoms with Crippen molar-refractivity contribution < 1.29 is 22.7 Å². The molecule has 0 saturated carbocycles. The van der Waals surface area contributed by atoms with E-state index in [1.54, 1.807) is 13.0 Å². The van der Waals surface area contributed by atoms with Gasteiger partial charge in [0.1, 0.15) is 5.75 Å². The molecule has 1 saturated heterocycles. The SMILES string of the molecule is CCc1cccc(C)c1NC(=O)[C@H]1CCCN(S(=O)(=O)c2cc3c(cc2C)NC(=O)[C@H](CC)O3)C1. The van der Waals surface area contributed by atoms with Crippen molar-refractivity contribution in [1.29, 1.82) is 0 Å². The first-order valence-electron chi connectivity index (χ1n) is 12.2. The van der Waals surface area contributed by atoms with Crippen molar-refractivity contribution >= 4 is 33.2 Å². The van der Waals surface area contributed by atoms with E-state index in [9.17, 15) is 18.0 Å². The number of sulfonamides is 1. The summed E-state index contributed by atoms with van der Waals surface area (Å²) < 4.78 is 34.4. The summed E-state index contributed by atoms with van der Waals surface area (Å²) in [4.78, 5) is 25.4. The Balaban J connectivity index is 1.56. The third kappa shape index (κ3) is 4.92. The lowest BCUT2D eigenvalue weighted by atomic mass is 9.98. The number of piperidine rings is 1. The average Bonchev–Trinajstić information content (AvgIpc) is 2.84. The van der Waals surface area contributed by atoms with Gasteiger partial charge in [-0.2, -0.15) is 4.31 Å². The first kappa shape index (κ1) is 25.2. The predicted molar refractivity (Wildman–Crippen MR) is 135 cm³/mol. The van der Waals surface area contributed by atoms with Crippen molar-refractivity contribution in [2.45, 2.75) is 64.4 Å². The Morgan fingerprint density at radius 3 is 2.69 bits per heavy atom. The van der Waals surface area contributed by atoms with Gasteiger partial charge < -0.3 is 15.4 Å². The maximum absolute atomic E-state index is 13.6. The summed E-state index contributed by atoms with van der Waals surface area (Å²) in [6, 6.07) is 9.04. The third-order valence-electron chi connectivity index (χ3n) is 6.83. The number of ether oxygens (including phenoxy) is 1. The number of nitrogens with one attached hydrogen (secondary N) is 2. The quantitative estimate of drug-likeness (QED) is 0.625. The molecule has 2 aliphatic rings. The molecule has 2 aliphatic heterocycles. The van der Waals surface area contributed by atoms with E-state index in [1.807, 2.05) is 39.0 Å². The molecule has 2 N–H and O–H groups in total. The topological polar surface area (TPSA) is 105 Å². The van der Waals surface area contributed by atoms with Gasteiger partial charge >= 0.3 is 0 Å². The molecule has 2 atom stereocenters. The van der Waals surface area contributed by atoms with Gasteiger partial charge in [-0.05, 0) is 62.3 Å². The maximum Gasteiger partial charge on any atom is 0.265 e. The average molecular weight is 500 g/mol. The number of benzene rings is 2. The molecule has 35 heavy (non-hydrogen) atoms. The summed E-state index contributed by atoms with van der Waals surface area (Å²) in [6.07, 6.45) is 1.84. The second-order valence-electron chi connectivity index (χ2n) is 9.27. The van der Waals surface area contributed by atoms with Crippen LogP contribution < -0.4 is 15.4 Å². The third-order valence-corrected chi connectivity index (χ3v) is 8.84. The number of aryl methyl sites for hydroxylation is 3. The van der Waals surface area contributed by atoms with E-state index in [2.05, 4.69) is 10.6 Å². The minimum atomic E-state index is -3.86. The number of carbonyl (C=O) groups is 2. The number of hydrogen-bond acceptors (Lipinski definition) is 5. The lowest BCUT2D eigenvalue weighted by Gasteiger charge is -2.32. The van der Waals surface area contributed by atoms with E-state index < -0.39 is 22.0 Å². The molecule has 188 valence electrons. The van der Waals surface area contributed by atoms with Crippen LogP contribution in [0.25, 0.3) is 0 Å². The summed E-state index contributed by atoms with van der Waals surface area (Å²) in [7, 11) is -3.86. The van der Waals surface area contributed by atoms with E-state index in [4.69, 9.17) is 4.74 Å². The zero-order chi connectivity index (χ0) is 25.3. The Bertz CT molecular complexity index is 1260. The maximum atomic E-state index is 13.6. The van der Waals surface area contributed by atoms with E-state index in [-0.39, 0.29) is 23.3 Å². The number of fused-ring (bicyclic) bond motifs is 1. The molecule has 0 radical (unpaired) electrons. The molecule has 1 fully saturated rings. The van der Waals surface area contributed by atoms with Gasteiger partial charge in [0.05, 0.1) is 16.5 Å². The minimum absolute atomic E-state index is 0.118. The molecule has 0 aromatic heterocycles. The predicted octanol–water partition coefficient (Wildman–Crippen LogP) is 4.01. The Kier molecular flexibility index (Phi) is 7.19. The highest BCUT2D eigenvalue weighted by Crippen LogP contribution is 2.37. The number of para-hydroxylation sites is 1. The van der Waals surface area contributed by atoms with E-state index in [0.29, 0.717) is 42.8 Å². The number of amides is 2. The monoisotopic (exact) mass is 499 g/mol. The van der Waals surface area contributed by atoms with Crippen molar-refractivity contribution in [3.63, 3.8) is 0 Å². The van der Waals surface area contributed by atoms with Crippen molar-refractivity contribution in [3.8, 4) is 5.75 Å². The van der Waals surface area contributed by atoms with Gasteiger partial charge in [-0.3, -0.25) is 9.59 Å². The van der Waals surface area contributed by atoms with Crippen LogP contribution >= 0.6 is 0 Å². The second-order valence-corrected chi connectivity index (χ2v) is 11.2. The summed E-state index contributed by atoms with van der Waals surface area (Å²) in [5.41, 5.74) is 3.84. The highest BCUT2D eigenvalue weighted by molar-refractivity contribution is 7.89. The van der Waals surface area contributed by atoms with Gasteiger partial charge in [-0.15, -0.1) is 0 Å². The van der Waals surface area contributed by atoms with Crippen LogP contribution in [0.15, 0.2) is 35.2 Å². The van der Waals surface area contributed by atoms with Crippen molar-refractivity contribution in [2.24, 2.45) is 5.92 Å². The van der Waals surface area contributed by atoms with Crippen molar-refractivity contribution in [2.75, 3.05) is 23.7 Å². The first-order chi connectivity index (χ1) is 16.6. The molecule has 2 aromatic carbocycles. The molecule has 2 aromatic rings. The fourth-order valence-corrected chi connectivity index (χ4v) is 6.52. The van der Waals surface area contributed by atoms with Gasteiger partial charge in [0.15, 0.2) is 6.10 Å². The smallest absolute Gasteiger partial charge is 0.265 e. The van der Waals surface area contributed by atoms with Crippen LogP contribution in [0.2, 0.25) is 0 Å². The van der Waals surface area contributed by atoms with Gasteiger partial charge in [-0.25, -0.2) is 8.42 Å². The summed E-state index contributed by atoms with van der Waals surface area (Å²) in [5.74, 6) is -0.493. The lowest BCUT2D eigenvalue weighted by Crippen LogP contribution is -2.44. The molecule has 0 unspecified atom stereocenters. The van der Waals surface area contributed by atoms with Gasteiger partial charge in [0.25, 0.3) is 5.91 Å². The van der Waals surface area contributed by atoms with E-state index in [0.717, 1.165) is 23.2 Å². The van der Waals surface area contributed by atoms with Crippen LogP contribution in [0.5, 0.6) is 5.75 Å². The van der Waals surface area contributed by atoms with E-state index >= 15 is 0 Å². The van der Waals surface area contributed by atoms with Crippen molar-refractivity contribution in [3.05, 3.63) is 47.0 Å². The van der Waals surface area contributed by atoms with Crippen LogP contribution in [0.1, 0.15) is 49.8 Å². The summed E-state index contributed by atoms with van der Waals surface area (Å²) >= 11 is 0. The van der Waals surface area contributed by atoms with Gasteiger partial charge in [0.2, 0.25) is 15.9 Å². The van der Waals surface area contributed by atoms with Crippen LogP contribution in [0.3, 0.4) is 0 Å². The van der Waals surface area contributed by atoms with Crippen LogP contribution in [-0.2, 0) is 26.0 Å². The zero-order valence-corrected chi connectivity index (χ0v) is 21.5. The molecule has 8 nitrogen and oxygen atoms in total. The molecule has 0 bridgehead atoms. The number of hydrogen-bond donors (Lipinski definition) is 2. The standard InChI is InChI=1S/C26H33N3O5S/c1-5-18-10-7-9-16(3)24(18)28-25(30)19-11-8-12-29(15-19)35(32,33)23-14-22-20(13-17(23)4)27-26(31)21(6-2)34-22/h7,9-10,13-14,19,21H,5-6,8,11-12,15H2,1-4H3,(H,27,31)(H,28,30)/t19-,21-/m0/s1. The van der Waals surface area contributed by atoms with Gasteiger partial charge in [-0.1, -0.05) is 32.0 Å². The Morgan fingerprint density at radius 1 is 1.20 bits per heavy atom. The van der Waals surface area contributed by atoms with Crippen LogP contribution in [0.4, 0.5) is 11.4 Å². The van der Waals surface area contributed by atoms with Crippen LogP contribution in [-0.4, -0.2) is 43.7 Å². The van der Waals surface area contributed by atoms with Gasteiger partial charge in [0, 0.05) is 24.8 Å². The molecular weight excluding hydrogens is 466 g/mol. The Labute approximate surface area is 207 Å². The number of anilines is 2. The summed E-state index contributed by atoms with van der Waals surface area (Å²) in [6.45, 7) is 8.00. The highest BCUT2D eigenvalue weighted by atomic mass is 32.2. The van der Waals surface area contributed by atoms with Crippen LogP contribution in [0, 0.1) is 19.8 Å². The Morgan fingerprint density at radius 2 is 1.97 bits per heavy atom. The molecule has 9 heteroatoms. The molecular formula is C26H33N3O5S. The first-order valence-corrected chi connectivity index (χ1v) is 13.6. The fraction of sp³-hybridized carbons (Fsp3) is 0.462. The summed E-state index contributed by atoms with van der Waals surface area (Å²) in [5, 5.41) is 5.85. The second kappa shape index (κ2) is 9.99. The fourth-order valence-electron chi connectivity index (χ4n) is 4.77. The molecule has 2 amide bonds. The number of carbonyl (C=O) groups excluding carboxylic acids is 2. The van der Waals surface area contributed by atoms with E-state index in [1.165, 1.54) is 10.4 Å². The van der Waals surface area contributed by atoms with Crippen molar-refractivity contribution in [1.82, 2.24) is 4.31 Å². The molecule has 4 rings (SSSR count). The lowest BCUT2D eigenvalue weighted by molar-refractivity contribution is -0.123. The number of rotatable bonds is 6. The highest BCUT2D eigenvalue weighted by Gasteiger charge is 2.36. The molecule has 0 spiro atoms. The largest absolute Gasteiger partial charge is 0.478 e. The molecule has 2 heterocycles. The molecule has 0 aliphatic carbocycles.